The number of hydrogen-bond acceptors (Lipinski definition) is 2. The average Bonchev–Trinajstić information content (AvgIpc) is 2.53. The number of aryl methyl sites for hydroxylation is 1. The van der Waals surface area contributed by atoms with Crippen molar-refractivity contribution in [3.63, 3.8) is 0 Å². The summed E-state index contributed by atoms with van der Waals surface area (Å²) in [6, 6.07) is 14.9. The van der Waals surface area contributed by atoms with Crippen LogP contribution >= 0.6 is 0 Å². The van der Waals surface area contributed by atoms with Crippen LogP contribution in [0.3, 0.4) is 0 Å². The first-order chi connectivity index (χ1) is 10.3. The number of aliphatic hydroxyl groups excluding tert-OH is 1. The predicted molar refractivity (Wildman–Crippen MR) is 81.5 cm³/mol. The molecule has 2 aromatic rings. The monoisotopic (exact) mass is 285 g/mol. The van der Waals surface area contributed by atoms with Crippen molar-refractivity contribution in [3.8, 4) is 0 Å². The number of benzene rings is 2. The third-order valence-corrected chi connectivity index (χ3v) is 4.21. The van der Waals surface area contributed by atoms with E-state index in [1.165, 1.54) is 11.6 Å². The summed E-state index contributed by atoms with van der Waals surface area (Å²) in [4.78, 5) is 0. The Bertz CT molecular complexity index is 599. The molecule has 2 N–H and O–H groups in total. The Balaban J connectivity index is 1.84. The Morgan fingerprint density at radius 1 is 1.19 bits per heavy atom. The summed E-state index contributed by atoms with van der Waals surface area (Å²) >= 11 is 0. The van der Waals surface area contributed by atoms with E-state index < -0.39 is 0 Å². The summed E-state index contributed by atoms with van der Waals surface area (Å²) < 4.78 is 13.5. The first-order valence-corrected chi connectivity index (χ1v) is 7.48. The van der Waals surface area contributed by atoms with Gasteiger partial charge >= 0.3 is 0 Å². The van der Waals surface area contributed by atoms with Gasteiger partial charge in [0.15, 0.2) is 0 Å². The van der Waals surface area contributed by atoms with E-state index in [9.17, 15) is 9.50 Å². The minimum atomic E-state index is -0.192. The van der Waals surface area contributed by atoms with Crippen molar-refractivity contribution in [3.05, 3.63) is 71.0 Å². The number of aliphatic hydroxyl groups is 1. The number of hydrogen-bond donors (Lipinski definition) is 2. The molecule has 1 aliphatic carbocycles. The second-order valence-corrected chi connectivity index (χ2v) is 5.60. The molecule has 0 saturated carbocycles. The molecule has 3 rings (SSSR count). The van der Waals surface area contributed by atoms with Crippen molar-refractivity contribution in [1.82, 2.24) is 5.32 Å². The maximum atomic E-state index is 13.5. The minimum absolute atomic E-state index is 0.0329. The maximum absolute atomic E-state index is 13.5. The summed E-state index contributed by atoms with van der Waals surface area (Å²) in [5, 5.41) is 13.2. The molecule has 0 saturated heterocycles. The fourth-order valence-corrected chi connectivity index (χ4v) is 3.13. The summed E-state index contributed by atoms with van der Waals surface area (Å²) in [7, 11) is 0. The molecule has 0 aromatic heterocycles. The highest BCUT2D eigenvalue weighted by molar-refractivity contribution is 5.33. The van der Waals surface area contributed by atoms with E-state index in [1.54, 1.807) is 6.07 Å². The smallest absolute Gasteiger partial charge is 0.123 e. The van der Waals surface area contributed by atoms with E-state index in [0.29, 0.717) is 0 Å². The van der Waals surface area contributed by atoms with Gasteiger partial charge in [-0.3, -0.25) is 0 Å². The molecule has 0 heterocycles. The highest BCUT2D eigenvalue weighted by Crippen LogP contribution is 2.32. The number of nitrogens with one attached hydrogen (secondary N) is 1. The second-order valence-electron chi connectivity index (χ2n) is 5.60. The lowest BCUT2D eigenvalue weighted by atomic mass is 9.87. The van der Waals surface area contributed by atoms with Gasteiger partial charge in [0, 0.05) is 6.04 Å². The van der Waals surface area contributed by atoms with Crippen molar-refractivity contribution < 1.29 is 9.50 Å². The summed E-state index contributed by atoms with van der Waals surface area (Å²) in [6.07, 6.45) is 3.06. The number of rotatable bonds is 4. The standard InChI is InChI=1S/C18H20FNO/c19-15-10-9-13-7-4-8-17(16(13)11-15)20-18(12-21)14-5-2-1-3-6-14/h1-3,5-6,9-11,17-18,20-21H,4,7-8,12H2/t17-,18-/m0/s1. The van der Waals surface area contributed by atoms with Crippen molar-refractivity contribution in [2.45, 2.75) is 31.3 Å². The van der Waals surface area contributed by atoms with E-state index in [0.717, 1.165) is 30.4 Å². The zero-order valence-corrected chi connectivity index (χ0v) is 11.9. The Morgan fingerprint density at radius 3 is 2.76 bits per heavy atom. The normalized spacial score (nSPS) is 19.0. The third-order valence-electron chi connectivity index (χ3n) is 4.21. The molecule has 0 fully saturated rings. The number of fused-ring (bicyclic) bond motifs is 1. The van der Waals surface area contributed by atoms with Crippen LogP contribution in [0.4, 0.5) is 4.39 Å². The molecule has 2 atom stereocenters. The van der Waals surface area contributed by atoms with Gasteiger partial charge in [-0.15, -0.1) is 0 Å². The molecule has 1 aliphatic rings. The van der Waals surface area contributed by atoms with Gasteiger partial charge in [0.25, 0.3) is 0 Å². The van der Waals surface area contributed by atoms with Crippen LogP contribution in [0.2, 0.25) is 0 Å². The van der Waals surface area contributed by atoms with Gasteiger partial charge in [0.05, 0.1) is 12.6 Å². The molecule has 0 bridgehead atoms. The fraction of sp³-hybridized carbons (Fsp3) is 0.333. The van der Waals surface area contributed by atoms with E-state index in [2.05, 4.69) is 5.32 Å². The van der Waals surface area contributed by atoms with Crippen LogP contribution in [0, 0.1) is 5.82 Å². The Hall–Kier alpha value is -1.71. The molecule has 2 nitrogen and oxygen atoms in total. The molecular weight excluding hydrogens is 265 g/mol. The van der Waals surface area contributed by atoms with Crippen LogP contribution < -0.4 is 5.32 Å². The first-order valence-electron chi connectivity index (χ1n) is 7.48. The van der Waals surface area contributed by atoms with Gasteiger partial charge in [-0.2, -0.15) is 0 Å². The van der Waals surface area contributed by atoms with E-state index in [-0.39, 0.29) is 24.5 Å². The van der Waals surface area contributed by atoms with Gasteiger partial charge in [-0.25, -0.2) is 4.39 Å². The van der Waals surface area contributed by atoms with Crippen LogP contribution in [0.5, 0.6) is 0 Å². The van der Waals surface area contributed by atoms with E-state index in [4.69, 9.17) is 0 Å². The van der Waals surface area contributed by atoms with E-state index >= 15 is 0 Å². The molecule has 0 amide bonds. The van der Waals surface area contributed by atoms with Crippen molar-refractivity contribution in [2.24, 2.45) is 0 Å². The maximum Gasteiger partial charge on any atom is 0.123 e. The van der Waals surface area contributed by atoms with Gasteiger partial charge in [0.1, 0.15) is 5.82 Å². The SMILES string of the molecule is OC[C@H](N[C@H]1CCCc2ccc(F)cc21)c1ccccc1. The highest BCUT2D eigenvalue weighted by atomic mass is 19.1. The van der Waals surface area contributed by atoms with Crippen molar-refractivity contribution >= 4 is 0 Å². The lowest BCUT2D eigenvalue weighted by Crippen LogP contribution is -2.31. The summed E-state index contributed by atoms with van der Waals surface area (Å²) in [5.74, 6) is -0.192. The third kappa shape index (κ3) is 3.14. The molecule has 0 spiro atoms. The van der Waals surface area contributed by atoms with Crippen LogP contribution in [0.1, 0.15) is 41.6 Å². The van der Waals surface area contributed by atoms with Gasteiger partial charge < -0.3 is 10.4 Å². The van der Waals surface area contributed by atoms with Crippen LogP contribution in [-0.4, -0.2) is 11.7 Å². The van der Waals surface area contributed by atoms with Crippen LogP contribution in [-0.2, 0) is 6.42 Å². The Kier molecular flexibility index (Phi) is 4.32. The van der Waals surface area contributed by atoms with Gasteiger partial charge in [-0.05, 0) is 48.1 Å². The summed E-state index contributed by atoms with van der Waals surface area (Å²) in [5.41, 5.74) is 3.31. The Labute approximate surface area is 124 Å². The summed E-state index contributed by atoms with van der Waals surface area (Å²) in [6.45, 7) is 0.0329. The Morgan fingerprint density at radius 2 is 2.00 bits per heavy atom. The zero-order valence-electron chi connectivity index (χ0n) is 11.9. The lowest BCUT2D eigenvalue weighted by Gasteiger charge is -2.30. The quantitative estimate of drug-likeness (QED) is 0.900. The molecule has 2 aromatic carbocycles. The lowest BCUT2D eigenvalue weighted by molar-refractivity contribution is 0.228. The molecule has 21 heavy (non-hydrogen) atoms. The second kappa shape index (κ2) is 6.37. The average molecular weight is 285 g/mol. The molecule has 3 heteroatoms. The van der Waals surface area contributed by atoms with Gasteiger partial charge in [-0.1, -0.05) is 36.4 Å². The van der Waals surface area contributed by atoms with E-state index in [1.807, 2.05) is 36.4 Å². The van der Waals surface area contributed by atoms with Gasteiger partial charge in [0.2, 0.25) is 0 Å². The zero-order chi connectivity index (χ0) is 14.7. The van der Waals surface area contributed by atoms with Crippen LogP contribution in [0.25, 0.3) is 0 Å². The van der Waals surface area contributed by atoms with Crippen molar-refractivity contribution in [1.29, 1.82) is 0 Å². The molecular formula is C18H20FNO. The fourth-order valence-electron chi connectivity index (χ4n) is 3.13. The first kappa shape index (κ1) is 14.2. The van der Waals surface area contributed by atoms with Crippen LogP contribution in [0.15, 0.2) is 48.5 Å². The molecule has 110 valence electrons. The minimum Gasteiger partial charge on any atom is -0.394 e. The highest BCUT2D eigenvalue weighted by Gasteiger charge is 2.23. The van der Waals surface area contributed by atoms with Crippen molar-refractivity contribution in [2.75, 3.05) is 6.61 Å². The molecule has 0 radical (unpaired) electrons. The molecule has 0 unspecified atom stereocenters. The number of halogens is 1. The topological polar surface area (TPSA) is 32.3 Å². The largest absolute Gasteiger partial charge is 0.394 e. The molecule has 0 aliphatic heterocycles. The predicted octanol–water partition coefficient (Wildman–Crippen LogP) is 3.53.